The van der Waals surface area contributed by atoms with Crippen molar-refractivity contribution >= 4 is 21.7 Å². The summed E-state index contributed by atoms with van der Waals surface area (Å²) >= 11 is 0. The number of carbonyl (C=O) groups excluding carboxylic acids is 2. The molecule has 3 N–H and O–H groups in total. The molecule has 0 heterocycles. The van der Waals surface area contributed by atoms with Gasteiger partial charge in [0.2, 0.25) is 0 Å². The molecule has 23 heavy (non-hydrogen) atoms. The topological polar surface area (TPSA) is 129 Å². The van der Waals surface area contributed by atoms with Crippen molar-refractivity contribution in [1.29, 1.82) is 0 Å². The number of hydrogen-bond donors (Lipinski definition) is 3. The van der Waals surface area contributed by atoms with Gasteiger partial charge >= 0.3 is 29.6 Å². The summed E-state index contributed by atoms with van der Waals surface area (Å²) in [5.74, 6) is -3.65. The fraction of sp³-hybridized carbons (Fsp3) is 0. The van der Waals surface area contributed by atoms with Crippen molar-refractivity contribution in [2.45, 2.75) is 4.90 Å². The molecule has 0 aromatic heterocycles. The van der Waals surface area contributed by atoms with Crippen molar-refractivity contribution < 1.29 is 63.8 Å². The van der Waals surface area contributed by atoms with Crippen molar-refractivity contribution in [3.63, 3.8) is 0 Å². The van der Waals surface area contributed by atoms with E-state index in [1.807, 2.05) is 0 Å². The molecular formula is C14H9NaO7S. The van der Waals surface area contributed by atoms with Gasteiger partial charge in [-0.3, -0.25) is 14.1 Å². The Kier molecular flexibility index (Phi) is 4.40. The van der Waals surface area contributed by atoms with E-state index in [0.29, 0.717) is 6.07 Å². The van der Waals surface area contributed by atoms with Crippen LogP contribution in [0.5, 0.6) is 11.5 Å². The van der Waals surface area contributed by atoms with Crippen LogP contribution in [0.4, 0.5) is 0 Å². The van der Waals surface area contributed by atoms with E-state index in [1.54, 1.807) is 0 Å². The number of phenols is 2. The first kappa shape index (κ1) is 17.6. The minimum atomic E-state index is -4.88. The molecule has 0 saturated heterocycles. The largest absolute Gasteiger partial charge is 1.00 e. The van der Waals surface area contributed by atoms with Gasteiger partial charge in [0.05, 0.1) is 5.56 Å². The molecule has 1 aliphatic rings. The maximum Gasteiger partial charge on any atom is 1.00 e. The second-order valence-electron chi connectivity index (χ2n) is 4.67. The smallest absolute Gasteiger partial charge is 1.00 e. The zero-order chi connectivity index (χ0) is 16.2. The summed E-state index contributed by atoms with van der Waals surface area (Å²) < 4.78 is 31.5. The molecule has 0 radical (unpaired) electrons. The number of phenolic OH excluding ortho intramolecular Hbond substituents is 2. The molecule has 1 aliphatic carbocycles. The van der Waals surface area contributed by atoms with Crippen LogP contribution in [0.1, 0.15) is 33.3 Å². The van der Waals surface area contributed by atoms with Crippen LogP contribution in [-0.2, 0) is 10.1 Å². The van der Waals surface area contributed by atoms with Crippen molar-refractivity contribution in [3.8, 4) is 11.5 Å². The van der Waals surface area contributed by atoms with Crippen molar-refractivity contribution in [2.75, 3.05) is 0 Å². The first-order valence-electron chi connectivity index (χ1n) is 5.98. The maximum absolute atomic E-state index is 12.4. The summed E-state index contributed by atoms with van der Waals surface area (Å²) in [5.41, 5.74) is -0.805. The molecule has 0 fully saturated rings. The van der Waals surface area contributed by atoms with Crippen LogP contribution >= 0.6 is 0 Å². The summed E-state index contributed by atoms with van der Waals surface area (Å²) in [6.45, 7) is 0. The fourth-order valence-corrected chi connectivity index (χ4v) is 3.01. The number of ketones is 2. The van der Waals surface area contributed by atoms with Crippen molar-refractivity contribution in [3.05, 3.63) is 52.6 Å². The number of carbonyl (C=O) groups is 2. The third-order valence-corrected chi connectivity index (χ3v) is 4.27. The van der Waals surface area contributed by atoms with Gasteiger partial charge in [-0.05, 0) is 6.07 Å². The fourth-order valence-electron chi connectivity index (χ4n) is 2.40. The van der Waals surface area contributed by atoms with Gasteiger partial charge in [0.1, 0.15) is 4.90 Å². The molecule has 0 unspecified atom stereocenters. The molecule has 3 rings (SSSR count). The Morgan fingerprint density at radius 3 is 1.91 bits per heavy atom. The number of fused-ring (bicyclic) bond motifs is 2. The molecule has 0 aliphatic heterocycles. The Morgan fingerprint density at radius 1 is 0.870 bits per heavy atom. The van der Waals surface area contributed by atoms with Crippen LogP contribution in [0.2, 0.25) is 0 Å². The molecule has 2 aromatic rings. The van der Waals surface area contributed by atoms with Gasteiger partial charge in [0.15, 0.2) is 23.1 Å². The van der Waals surface area contributed by atoms with Crippen LogP contribution in [-0.4, -0.2) is 34.8 Å². The molecule has 2 aromatic carbocycles. The number of benzene rings is 2. The zero-order valence-electron chi connectivity index (χ0n) is 12.8. The van der Waals surface area contributed by atoms with E-state index >= 15 is 0 Å². The molecule has 0 saturated carbocycles. The van der Waals surface area contributed by atoms with Gasteiger partial charge in [-0.1, -0.05) is 24.3 Å². The van der Waals surface area contributed by atoms with E-state index in [4.69, 9.17) is 4.55 Å². The summed E-state index contributed by atoms with van der Waals surface area (Å²) in [5, 5.41) is 19.6. The molecule has 0 spiro atoms. The van der Waals surface area contributed by atoms with Gasteiger partial charge in [-0.2, -0.15) is 8.42 Å². The maximum atomic E-state index is 12.4. The molecule has 9 heteroatoms. The predicted octanol–water partition coefficient (Wildman–Crippen LogP) is -1.76. The van der Waals surface area contributed by atoms with Gasteiger partial charge < -0.3 is 11.6 Å². The van der Waals surface area contributed by atoms with Crippen LogP contribution < -0.4 is 29.6 Å². The molecule has 0 bridgehead atoms. The zero-order valence-corrected chi connectivity index (χ0v) is 14.6. The van der Waals surface area contributed by atoms with Gasteiger partial charge in [0.25, 0.3) is 10.1 Å². The Labute approximate surface area is 154 Å². The molecule has 7 nitrogen and oxygen atoms in total. The quantitative estimate of drug-likeness (QED) is 0.271. The number of aromatic hydroxyl groups is 2. The molecule has 0 amide bonds. The van der Waals surface area contributed by atoms with E-state index in [2.05, 4.69) is 0 Å². The van der Waals surface area contributed by atoms with E-state index in [0.717, 1.165) is 0 Å². The van der Waals surface area contributed by atoms with Crippen LogP contribution in [0.15, 0.2) is 35.2 Å². The Morgan fingerprint density at radius 2 is 1.39 bits per heavy atom. The van der Waals surface area contributed by atoms with Crippen LogP contribution in [0.25, 0.3) is 0 Å². The van der Waals surface area contributed by atoms with E-state index < -0.39 is 49.2 Å². The van der Waals surface area contributed by atoms with Gasteiger partial charge in [-0.15, -0.1) is 0 Å². The molecule has 114 valence electrons. The Bertz CT molecular complexity index is 969. The first-order valence-corrected chi connectivity index (χ1v) is 7.42. The normalized spacial score (nSPS) is 13.1. The minimum absolute atomic E-state index is 0. The van der Waals surface area contributed by atoms with Gasteiger partial charge in [0, 0.05) is 16.7 Å². The third kappa shape index (κ3) is 2.58. The van der Waals surface area contributed by atoms with E-state index in [-0.39, 0.29) is 42.1 Å². The Balaban J connectivity index is 0.00000144. The standard InChI is InChI=1S/C14H8O7S.Na.H/c15-11-6-3-1-2-4-7(6)12(16)10-8(11)5-9(22(19,20)21)13(17)14(10)18;;/h1-5,17-18H,(H,19,20,21);;/q;+1;-1. The molecule has 0 atom stereocenters. The monoisotopic (exact) mass is 344 g/mol. The van der Waals surface area contributed by atoms with Crippen molar-refractivity contribution in [1.82, 2.24) is 0 Å². The summed E-state index contributed by atoms with van der Waals surface area (Å²) in [6.07, 6.45) is 0. The predicted molar refractivity (Wildman–Crippen MR) is 74.0 cm³/mol. The van der Waals surface area contributed by atoms with Crippen LogP contribution in [0, 0.1) is 0 Å². The Hall–Kier alpha value is -1.71. The van der Waals surface area contributed by atoms with Crippen molar-refractivity contribution in [2.24, 2.45) is 0 Å². The number of rotatable bonds is 1. The minimum Gasteiger partial charge on any atom is -1.00 e. The molecular weight excluding hydrogens is 335 g/mol. The third-order valence-electron chi connectivity index (χ3n) is 3.41. The second-order valence-corrected chi connectivity index (χ2v) is 6.06. The first-order chi connectivity index (χ1) is 10.2. The van der Waals surface area contributed by atoms with Crippen LogP contribution in [0.3, 0.4) is 0 Å². The number of hydrogen-bond acceptors (Lipinski definition) is 6. The SMILES string of the molecule is O=C1c2ccccc2C(=O)c2c1cc(S(=O)(=O)O)c(O)c2O.[H-].[Na+]. The van der Waals surface area contributed by atoms with E-state index in [1.165, 1.54) is 24.3 Å². The second kappa shape index (κ2) is 5.73. The van der Waals surface area contributed by atoms with Gasteiger partial charge in [-0.25, -0.2) is 0 Å². The average Bonchev–Trinajstić information content (AvgIpc) is 2.46. The summed E-state index contributed by atoms with van der Waals surface area (Å²) in [4.78, 5) is 23.7. The summed E-state index contributed by atoms with van der Waals surface area (Å²) in [6, 6.07) is 6.49. The average molecular weight is 344 g/mol. The van der Waals surface area contributed by atoms with E-state index in [9.17, 15) is 28.2 Å². The summed E-state index contributed by atoms with van der Waals surface area (Å²) in [7, 11) is -4.88.